The van der Waals surface area contributed by atoms with Gasteiger partial charge in [0, 0.05) is 49.5 Å². The molecule has 2 heterocycles. The van der Waals surface area contributed by atoms with Crippen molar-refractivity contribution in [3.8, 4) is 0 Å². The molecule has 29 heavy (non-hydrogen) atoms. The second-order valence-electron chi connectivity index (χ2n) is 7.84. The van der Waals surface area contributed by atoms with Gasteiger partial charge in [-0.3, -0.25) is 9.59 Å². The predicted octanol–water partition coefficient (Wildman–Crippen LogP) is 3.60. The molecule has 0 radical (unpaired) electrons. The molecule has 0 spiro atoms. The SMILES string of the molecule is O=C(NCC1CCN(c2ccc(F)cc2)C1)c1ccc(N2CCCCC2=O)cc1. The zero-order valence-electron chi connectivity index (χ0n) is 16.4. The molecule has 2 saturated heterocycles. The van der Waals surface area contributed by atoms with Crippen molar-refractivity contribution in [3.63, 3.8) is 0 Å². The molecule has 2 fully saturated rings. The maximum Gasteiger partial charge on any atom is 0.251 e. The molecular formula is C23H26FN3O2. The quantitative estimate of drug-likeness (QED) is 0.842. The molecule has 0 aromatic heterocycles. The van der Waals surface area contributed by atoms with Crippen molar-refractivity contribution >= 4 is 23.2 Å². The lowest BCUT2D eigenvalue weighted by Crippen LogP contribution is -2.35. The summed E-state index contributed by atoms with van der Waals surface area (Å²) in [6, 6.07) is 13.8. The van der Waals surface area contributed by atoms with E-state index in [0.29, 0.717) is 24.4 Å². The van der Waals surface area contributed by atoms with Gasteiger partial charge in [0.15, 0.2) is 0 Å². The van der Waals surface area contributed by atoms with E-state index in [1.807, 2.05) is 12.1 Å². The molecule has 4 rings (SSSR count). The van der Waals surface area contributed by atoms with Crippen molar-refractivity contribution in [1.82, 2.24) is 5.32 Å². The zero-order valence-corrected chi connectivity index (χ0v) is 16.4. The molecule has 2 amide bonds. The lowest BCUT2D eigenvalue weighted by atomic mass is 10.1. The van der Waals surface area contributed by atoms with Gasteiger partial charge in [-0.15, -0.1) is 0 Å². The number of halogens is 1. The van der Waals surface area contributed by atoms with Crippen LogP contribution in [0, 0.1) is 11.7 Å². The number of nitrogens with zero attached hydrogens (tertiary/aromatic N) is 2. The summed E-state index contributed by atoms with van der Waals surface area (Å²) in [4.78, 5) is 28.6. The Morgan fingerprint density at radius 3 is 2.45 bits per heavy atom. The lowest BCUT2D eigenvalue weighted by Gasteiger charge is -2.26. The summed E-state index contributed by atoms with van der Waals surface area (Å²) in [6.07, 6.45) is 3.56. The molecule has 2 aliphatic rings. The average Bonchev–Trinajstić information content (AvgIpc) is 3.22. The first-order chi connectivity index (χ1) is 14.1. The van der Waals surface area contributed by atoms with E-state index in [1.54, 1.807) is 29.2 Å². The molecule has 2 aromatic rings. The number of benzene rings is 2. The highest BCUT2D eigenvalue weighted by atomic mass is 19.1. The van der Waals surface area contributed by atoms with E-state index >= 15 is 0 Å². The van der Waals surface area contributed by atoms with Crippen LogP contribution in [0.4, 0.5) is 15.8 Å². The van der Waals surface area contributed by atoms with Gasteiger partial charge in [-0.1, -0.05) is 0 Å². The van der Waals surface area contributed by atoms with Gasteiger partial charge in [0.2, 0.25) is 5.91 Å². The summed E-state index contributed by atoms with van der Waals surface area (Å²) in [7, 11) is 0. The van der Waals surface area contributed by atoms with E-state index in [1.165, 1.54) is 12.1 Å². The Bertz CT molecular complexity index is 867. The van der Waals surface area contributed by atoms with Gasteiger partial charge in [-0.2, -0.15) is 0 Å². The Morgan fingerprint density at radius 1 is 1.00 bits per heavy atom. The summed E-state index contributed by atoms with van der Waals surface area (Å²) < 4.78 is 13.1. The van der Waals surface area contributed by atoms with Crippen LogP contribution in [-0.4, -0.2) is 38.0 Å². The fraction of sp³-hybridized carbons (Fsp3) is 0.391. The molecule has 2 aliphatic heterocycles. The van der Waals surface area contributed by atoms with E-state index in [4.69, 9.17) is 0 Å². The van der Waals surface area contributed by atoms with E-state index in [9.17, 15) is 14.0 Å². The third kappa shape index (κ3) is 4.58. The maximum absolute atomic E-state index is 13.1. The number of carbonyl (C=O) groups excluding carboxylic acids is 2. The minimum Gasteiger partial charge on any atom is -0.371 e. The van der Waals surface area contributed by atoms with Crippen LogP contribution in [-0.2, 0) is 4.79 Å². The van der Waals surface area contributed by atoms with Gasteiger partial charge in [0.1, 0.15) is 5.82 Å². The Labute approximate surface area is 170 Å². The van der Waals surface area contributed by atoms with Gasteiger partial charge in [-0.05, 0) is 73.7 Å². The summed E-state index contributed by atoms with van der Waals surface area (Å²) in [6.45, 7) is 3.12. The van der Waals surface area contributed by atoms with Gasteiger partial charge in [-0.25, -0.2) is 4.39 Å². The Balaban J connectivity index is 1.28. The highest BCUT2D eigenvalue weighted by Crippen LogP contribution is 2.24. The number of hydrogen-bond donors (Lipinski definition) is 1. The molecule has 0 bridgehead atoms. The molecular weight excluding hydrogens is 369 g/mol. The van der Waals surface area contributed by atoms with E-state index in [-0.39, 0.29) is 17.6 Å². The van der Waals surface area contributed by atoms with E-state index in [2.05, 4.69) is 10.2 Å². The Kier molecular flexibility index (Phi) is 5.79. The number of piperidine rings is 1. The average molecular weight is 395 g/mol. The lowest BCUT2D eigenvalue weighted by molar-refractivity contribution is -0.119. The third-order valence-corrected chi connectivity index (χ3v) is 5.79. The van der Waals surface area contributed by atoms with Crippen LogP contribution in [0.15, 0.2) is 48.5 Å². The van der Waals surface area contributed by atoms with Crippen LogP contribution in [0.25, 0.3) is 0 Å². The second kappa shape index (κ2) is 8.64. The molecule has 6 heteroatoms. The van der Waals surface area contributed by atoms with E-state index in [0.717, 1.165) is 50.3 Å². The molecule has 5 nitrogen and oxygen atoms in total. The third-order valence-electron chi connectivity index (χ3n) is 5.79. The topological polar surface area (TPSA) is 52.7 Å². The Morgan fingerprint density at radius 2 is 1.72 bits per heavy atom. The second-order valence-corrected chi connectivity index (χ2v) is 7.84. The van der Waals surface area contributed by atoms with Crippen LogP contribution in [0.3, 0.4) is 0 Å². The molecule has 2 aromatic carbocycles. The number of anilines is 2. The van der Waals surface area contributed by atoms with Gasteiger partial charge >= 0.3 is 0 Å². The number of hydrogen-bond acceptors (Lipinski definition) is 3. The first-order valence-electron chi connectivity index (χ1n) is 10.3. The number of amides is 2. The largest absolute Gasteiger partial charge is 0.371 e. The number of nitrogens with one attached hydrogen (secondary N) is 1. The highest BCUT2D eigenvalue weighted by Gasteiger charge is 2.24. The molecule has 0 aliphatic carbocycles. The minimum atomic E-state index is -0.229. The summed E-state index contributed by atoms with van der Waals surface area (Å²) in [5, 5.41) is 3.02. The highest BCUT2D eigenvalue weighted by molar-refractivity contribution is 5.96. The van der Waals surface area contributed by atoms with Gasteiger partial charge < -0.3 is 15.1 Å². The fourth-order valence-corrected chi connectivity index (χ4v) is 4.10. The van der Waals surface area contributed by atoms with Crippen molar-refractivity contribution in [2.75, 3.05) is 36.0 Å². The van der Waals surface area contributed by atoms with Crippen molar-refractivity contribution in [1.29, 1.82) is 0 Å². The normalized spacial score (nSPS) is 19.5. The van der Waals surface area contributed by atoms with Crippen molar-refractivity contribution in [2.45, 2.75) is 25.7 Å². The smallest absolute Gasteiger partial charge is 0.251 e. The fourth-order valence-electron chi connectivity index (χ4n) is 4.10. The first-order valence-corrected chi connectivity index (χ1v) is 10.3. The van der Waals surface area contributed by atoms with Crippen LogP contribution < -0.4 is 15.1 Å². The van der Waals surface area contributed by atoms with Crippen LogP contribution >= 0.6 is 0 Å². The molecule has 1 unspecified atom stereocenters. The van der Waals surface area contributed by atoms with Crippen molar-refractivity contribution < 1.29 is 14.0 Å². The summed E-state index contributed by atoms with van der Waals surface area (Å²) in [5.74, 6) is 0.198. The zero-order chi connectivity index (χ0) is 20.2. The molecule has 152 valence electrons. The van der Waals surface area contributed by atoms with Gasteiger partial charge in [0.25, 0.3) is 5.91 Å². The molecule has 1 N–H and O–H groups in total. The summed E-state index contributed by atoms with van der Waals surface area (Å²) >= 11 is 0. The Hall–Kier alpha value is -2.89. The minimum absolute atomic E-state index is 0.0956. The van der Waals surface area contributed by atoms with Crippen LogP contribution in [0.1, 0.15) is 36.0 Å². The first kappa shape index (κ1) is 19.4. The molecule has 0 saturated carbocycles. The number of carbonyl (C=O) groups is 2. The van der Waals surface area contributed by atoms with Crippen LogP contribution in [0.2, 0.25) is 0 Å². The van der Waals surface area contributed by atoms with E-state index < -0.39 is 0 Å². The predicted molar refractivity (Wildman–Crippen MR) is 112 cm³/mol. The van der Waals surface area contributed by atoms with Crippen LogP contribution in [0.5, 0.6) is 0 Å². The van der Waals surface area contributed by atoms with Crippen molar-refractivity contribution in [2.24, 2.45) is 5.92 Å². The summed E-state index contributed by atoms with van der Waals surface area (Å²) in [5.41, 5.74) is 2.48. The maximum atomic E-state index is 13.1. The van der Waals surface area contributed by atoms with Crippen molar-refractivity contribution in [3.05, 3.63) is 59.9 Å². The molecule has 1 atom stereocenters. The van der Waals surface area contributed by atoms with Gasteiger partial charge in [0.05, 0.1) is 0 Å². The monoisotopic (exact) mass is 395 g/mol. The standard InChI is InChI=1S/C23H26FN3O2/c24-19-6-10-20(11-7-19)26-14-12-17(16-26)15-25-23(29)18-4-8-21(9-5-18)27-13-2-1-3-22(27)28/h4-11,17H,1-3,12-16H2,(H,25,29). The number of rotatable bonds is 5.